The highest BCUT2D eigenvalue weighted by Gasteiger charge is 2.23. The lowest BCUT2D eigenvalue weighted by atomic mass is 10.1. The minimum atomic E-state index is -0.288. The zero-order valence-electron chi connectivity index (χ0n) is 11.8. The van der Waals surface area contributed by atoms with Crippen LogP contribution in [0.25, 0.3) is 0 Å². The SMILES string of the molecule is Cc1cc(NC(=O)c2ccco2)ccc1N1CCCC1=O. The van der Waals surface area contributed by atoms with Gasteiger partial charge in [0.25, 0.3) is 5.91 Å². The molecule has 0 saturated carbocycles. The molecule has 1 aliphatic rings. The number of hydrogen-bond donors (Lipinski definition) is 1. The third-order valence-corrected chi connectivity index (χ3v) is 3.56. The highest BCUT2D eigenvalue weighted by Crippen LogP contribution is 2.27. The second kappa shape index (κ2) is 5.44. The van der Waals surface area contributed by atoms with Crippen LogP contribution >= 0.6 is 0 Å². The fourth-order valence-corrected chi connectivity index (χ4v) is 2.54. The van der Waals surface area contributed by atoms with E-state index in [0.29, 0.717) is 12.1 Å². The molecule has 0 unspecified atom stereocenters. The van der Waals surface area contributed by atoms with Crippen molar-refractivity contribution < 1.29 is 14.0 Å². The van der Waals surface area contributed by atoms with Gasteiger partial charge in [-0.05, 0) is 49.2 Å². The average Bonchev–Trinajstić information content (AvgIpc) is 3.10. The second-order valence-corrected chi connectivity index (χ2v) is 5.08. The number of anilines is 2. The van der Waals surface area contributed by atoms with Crippen LogP contribution in [0.15, 0.2) is 41.0 Å². The summed E-state index contributed by atoms with van der Waals surface area (Å²) in [5.41, 5.74) is 2.56. The molecule has 1 aliphatic heterocycles. The van der Waals surface area contributed by atoms with Crippen LogP contribution in [-0.2, 0) is 4.79 Å². The molecule has 1 saturated heterocycles. The quantitative estimate of drug-likeness (QED) is 0.942. The van der Waals surface area contributed by atoms with Crippen molar-refractivity contribution in [1.29, 1.82) is 0 Å². The average molecular weight is 284 g/mol. The molecule has 5 heteroatoms. The number of benzene rings is 1. The third-order valence-electron chi connectivity index (χ3n) is 3.56. The van der Waals surface area contributed by atoms with E-state index in [4.69, 9.17) is 4.42 Å². The summed E-state index contributed by atoms with van der Waals surface area (Å²) in [6.07, 6.45) is 2.97. The van der Waals surface area contributed by atoms with Gasteiger partial charge in [0.2, 0.25) is 5.91 Å². The maximum absolute atomic E-state index is 11.9. The summed E-state index contributed by atoms with van der Waals surface area (Å²) in [5.74, 6) is 0.140. The minimum absolute atomic E-state index is 0.158. The van der Waals surface area contributed by atoms with E-state index in [-0.39, 0.29) is 17.6 Å². The molecule has 0 spiro atoms. The lowest BCUT2D eigenvalue weighted by molar-refractivity contribution is -0.117. The molecule has 0 bridgehead atoms. The van der Waals surface area contributed by atoms with E-state index in [9.17, 15) is 9.59 Å². The normalized spacial score (nSPS) is 14.5. The Balaban J connectivity index is 1.78. The van der Waals surface area contributed by atoms with Crippen molar-refractivity contribution in [2.45, 2.75) is 19.8 Å². The first-order valence-electron chi connectivity index (χ1n) is 6.91. The first-order chi connectivity index (χ1) is 10.1. The van der Waals surface area contributed by atoms with Gasteiger partial charge in [-0.1, -0.05) is 0 Å². The van der Waals surface area contributed by atoms with Crippen LogP contribution in [0.1, 0.15) is 29.0 Å². The topological polar surface area (TPSA) is 62.6 Å². The Morgan fingerprint density at radius 3 is 2.81 bits per heavy atom. The summed E-state index contributed by atoms with van der Waals surface area (Å²) >= 11 is 0. The lowest BCUT2D eigenvalue weighted by Gasteiger charge is -2.19. The maximum atomic E-state index is 11.9. The molecule has 2 amide bonds. The molecule has 2 aromatic rings. The molecule has 21 heavy (non-hydrogen) atoms. The van der Waals surface area contributed by atoms with E-state index in [2.05, 4.69) is 5.32 Å². The molecular weight excluding hydrogens is 268 g/mol. The van der Waals surface area contributed by atoms with Crippen LogP contribution in [0.5, 0.6) is 0 Å². The maximum Gasteiger partial charge on any atom is 0.291 e. The van der Waals surface area contributed by atoms with Crippen LogP contribution in [0.2, 0.25) is 0 Å². The summed E-state index contributed by atoms with van der Waals surface area (Å²) in [6, 6.07) is 8.81. The number of nitrogens with one attached hydrogen (secondary N) is 1. The number of aryl methyl sites for hydroxylation is 1. The molecule has 1 N–H and O–H groups in total. The Morgan fingerprint density at radius 1 is 1.33 bits per heavy atom. The van der Waals surface area contributed by atoms with Gasteiger partial charge in [-0.25, -0.2) is 0 Å². The largest absolute Gasteiger partial charge is 0.459 e. The smallest absolute Gasteiger partial charge is 0.291 e. The highest BCUT2D eigenvalue weighted by molar-refractivity contribution is 6.02. The van der Waals surface area contributed by atoms with Crippen molar-refractivity contribution in [2.24, 2.45) is 0 Å². The van der Waals surface area contributed by atoms with Gasteiger partial charge in [0.05, 0.1) is 6.26 Å². The van der Waals surface area contributed by atoms with Crippen LogP contribution in [0.3, 0.4) is 0 Å². The van der Waals surface area contributed by atoms with Gasteiger partial charge in [0, 0.05) is 24.3 Å². The van der Waals surface area contributed by atoms with Crippen LogP contribution in [0.4, 0.5) is 11.4 Å². The molecule has 1 aromatic carbocycles. The van der Waals surface area contributed by atoms with Gasteiger partial charge in [0.1, 0.15) is 0 Å². The number of rotatable bonds is 3. The van der Waals surface area contributed by atoms with Gasteiger partial charge in [-0.15, -0.1) is 0 Å². The first kappa shape index (κ1) is 13.4. The zero-order chi connectivity index (χ0) is 14.8. The van der Waals surface area contributed by atoms with Gasteiger partial charge in [0.15, 0.2) is 5.76 Å². The van der Waals surface area contributed by atoms with E-state index in [1.807, 2.05) is 19.1 Å². The Labute approximate surface area is 122 Å². The van der Waals surface area contributed by atoms with Crippen molar-refractivity contribution in [1.82, 2.24) is 0 Å². The van der Waals surface area contributed by atoms with E-state index in [1.165, 1.54) is 6.26 Å². The van der Waals surface area contributed by atoms with Crippen molar-refractivity contribution in [3.63, 3.8) is 0 Å². The number of nitrogens with zero attached hydrogens (tertiary/aromatic N) is 1. The molecule has 1 fully saturated rings. The Bertz CT molecular complexity index is 677. The van der Waals surface area contributed by atoms with Crippen molar-refractivity contribution in [2.75, 3.05) is 16.8 Å². The summed E-state index contributed by atoms with van der Waals surface area (Å²) in [6.45, 7) is 2.70. The number of carbonyl (C=O) groups excluding carboxylic acids is 2. The molecule has 1 aromatic heterocycles. The van der Waals surface area contributed by atoms with Crippen molar-refractivity contribution in [3.05, 3.63) is 47.9 Å². The number of carbonyl (C=O) groups is 2. The van der Waals surface area contributed by atoms with E-state index in [0.717, 1.165) is 24.2 Å². The van der Waals surface area contributed by atoms with Gasteiger partial charge < -0.3 is 14.6 Å². The van der Waals surface area contributed by atoms with E-state index < -0.39 is 0 Å². The molecule has 0 atom stereocenters. The molecular formula is C16H16N2O3. The summed E-state index contributed by atoms with van der Waals surface area (Å²) in [7, 11) is 0. The summed E-state index contributed by atoms with van der Waals surface area (Å²) < 4.78 is 5.05. The van der Waals surface area contributed by atoms with Crippen molar-refractivity contribution in [3.8, 4) is 0 Å². The van der Waals surface area contributed by atoms with Gasteiger partial charge in [-0.2, -0.15) is 0 Å². The molecule has 108 valence electrons. The molecule has 0 aliphatic carbocycles. The number of amides is 2. The fraction of sp³-hybridized carbons (Fsp3) is 0.250. The lowest BCUT2D eigenvalue weighted by Crippen LogP contribution is -2.24. The molecule has 0 radical (unpaired) electrons. The van der Waals surface area contributed by atoms with Crippen LogP contribution < -0.4 is 10.2 Å². The predicted octanol–water partition coefficient (Wildman–Crippen LogP) is 2.97. The fourth-order valence-electron chi connectivity index (χ4n) is 2.54. The van der Waals surface area contributed by atoms with E-state index >= 15 is 0 Å². The minimum Gasteiger partial charge on any atom is -0.459 e. The standard InChI is InChI=1S/C16H16N2O3/c1-11-10-12(17-16(20)14-4-3-9-21-14)6-7-13(11)18-8-2-5-15(18)19/h3-4,6-7,9-10H,2,5,8H2,1H3,(H,17,20). The molecule has 3 rings (SSSR count). The highest BCUT2D eigenvalue weighted by atomic mass is 16.3. The number of furan rings is 1. The van der Waals surface area contributed by atoms with Crippen LogP contribution in [-0.4, -0.2) is 18.4 Å². The zero-order valence-corrected chi connectivity index (χ0v) is 11.8. The summed E-state index contributed by atoms with van der Waals surface area (Å²) in [4.78, 5) is 25.5. The monoisotopic (exact) mass is 284 g/mol. The van der Waals surface area contributed by atoms with Crippen molar-refractivity contribution >= 4 is 23.2 Å². The molecule has 5 nitrogen and oxygen atoms in total. The third kappa shape index (κ3) is 2.67. The van der Waals surface area contributed by atoms with Gasteiger partial charge in [-0.3, -0.25) is 9.59 Å². The first-order valence-corrected chi connectivity index (χ1v) is 6.91. The Hall–Kier alpha value is -2.56. The molecule has 2 heterocycles. The van der Waals surface area contributed by atoms with E-state index in [1.54, 1.807) is 23.1 Å². The second-order valence-electron chi connectivity index (χ2n) is 5.08. The Kier molecular flexibility index (Phi) is 3.48. The Morgan fingerprint density at radius 2 is 2.19 bits per heavy atom. The number of hydrogen-bond acceptors (Lipinski definition) is 3. The summed E-state index contributed by atoms with van der Waals surface area (Å²) in [5, 5.41) is 2.78. The predicted molar refractivity (Wildman–Crippen MR) is 79.4 cm³/mol. The van der Waals surface area contributed by atoms with Gasteiger partial charge >= 0.3 is 0 Å². The van der Waals surface area contributed by atoms with Crippen LogP contribution in [0, 0.1) is 6.92 Å².